The van der Waals surface area contributed by atoms with Crippen LogP contribution < -0.4 is 19.6 Å². The van der Waals surface area contributed by atoms with Gasteiger partial charge in [-0.05, 0) is 42.0 Å². The first-order chi connectivity index (χ1) is 15.0. The van der Waals surface area contributed by atoms with Gasteiger partial charge in [0, 0.05) is 24.3 Å². The zero-order valence-electron chi connectivity index (χ0n) is 16.4. The monoisotopic (exact) mass is 419 g/mol. The topological polar surface area (TPSA) is 101 Å². The molecule has 0 N–H and O–H groups in total. The number of ether oxygens (including phenoxy) is 3. The highest BCUT2D eigenvalue weighted by molar-refractivity contribution is 5.79. The summed E-state index contributed by atoms with van der Waals surface area (Å²) >= 11 is 0. The van der Waals surface area contributed by atoms with Crippen molar-refractivity contribution in [3.8, 4) is 23.0 Å². The summed E-state index contributed by atoms with van der Waals surface area (Å²) in [6, 6.07) is 17.9. The lowest BCUT2D eigenvalue weighted by Gasteiger charge is -2.09. The van der Waals surface area contributed by atoms with E-state index in [0.717, 1.165) is 5.56 Å². The number of nitrogens with zero attached hydrogens (tertiary/aromatic N) is 1. The van der Waals surface area contributed by atoms with E-state index in [1.807, 2.05) is 0 Å². The van der Waals surface area contributed by atoms with Crippen molar-refractivity contribution in [2.24, 2.45) is 0 Å². The first kappa shape index (κ1) is 20.0. The Hall–Kier alpha value is -4.33. The fraction of sp³-hybridized carbons (Fsp3) is 0.0870. The van der Waals surface area contributed by atoms with Crippen molar-refractivity contribution < 1.29 is 23.6 Å². The van der Waals surface area contributed by atoms with Gasteiger partial charge in [-0.3, -0.25) is 14.9 Å². The average molecular weight is 419 g/mol. The van der Waals surface area contributed by atoms with E-state index >= 15 is 0 Å². The summed E-state index contributed by atoms with van der Waals surface area (Å²) in [7, 11) is 1.55. The minimum atomic E-state index is -0.456. The molecule has 0 saturated carbocycles. The van der Waals surface area contributed by atoms with Crippen LogP contribution in [0, 0.1) is 10.1 Å². The lowest BCUT2D eigenvalue weighted by Crippen LogP contribution is -2.05. The molecule has 1 aromatic heterocycles. The number of non-ortho nitro benzene ring substituents is 1. The van der Waals surface area contributed by atoms with Crippen molar-refractivity contribution >= 4 is 16.7 Å². The number of methoxy groups -OCH3 is 1. The Balaban J connectivity index is 1.51. The van der Waals surface area contributed by atoms with Gasteiger partial charge in [0.1, 0.15) is 35.7 Å². The van der Waals surface area contributed by atoms with Crippen molar-refractivity contribution in [1.29, 1.82) is 0 Å². The number of nitro benzene ring substituents is 1. The third-order valence-corrected chi connectivity index (χ3v) is 4.54. The summed E-state index contributed by atoms with van der Waals surface area (Å²) < 4.78 is 22.1. The highest BCUT2D eigenvalue weighted by Gasteiger charge is 2.11. The Morgan fingerprint density at radius 2 is 1.74 bits per heavy atom. The smallest absolute Gasteiger partial charge is 0.269 e. The van der Waals surface area contributed by atoms with Gasteiger partial charge in [-0.15, -0.1) is 0 Å². The van der Waals surface area contributed by atoms with Crippen LogP contribution in [0.15, 0.2) is 82.2 Å². The third kappa shape index (κ3) is 4.48. The van der Waals surface area contributed by atoms with Crippen molar-refractivity contribution in [1.82, 2.24) is 0 Å². The Morgan fingerprint density at radius 3 is 2.48 bits per heavy atom. The second-order valence-electron chi connectivity index (χ2n) is 6.58. The SMILES string of the molecule is COc1cccc(Oc2coc3cc(OCc4ccc([N+](=O)[O-])cc4)ccc3c2=O)c1. The van der Waals surface area contributed by atoms with Gasteiger partial charge < -0.3 is 18.6 Å². The zero-order chi connectivity index (χ0) is 21.8. The van der Waals surface area contributed by atoms with Crippen molar-refractivity contribution in [2.75, 3.05) is 7.11 Å². The Kier molecular flexibility index (Phi) is 5.53. The molecule has 8 nitrogen and oxygen atoms in total. The summed E-state index contributed by atoms with van der Waals surface area (Å²) in [5, 5.41) is 11.1. The molecule has 4 rings (SSSR count). The molecule has 3 aromatic carbocycles. The summed E-state index contributed by atoms with van der Waals surface area (Å²) in [5.74, 6) is 1.61. The van der Waals surface area contributed by atoms with E-state index in [4.69, 9.17) is 18.6 Å². The maximum absolute atomic E-state index is 12.8. The van der Waals surface area contributed by atoms with Crippen LogP contribution in [0.1, 0.15) is 5.56 Å². The molecule has 0 aliphatic carbocycles. The van der Waals surface area contributed by atoms with Gasteiger partial charge in [0.25, 0.3) is 5.69 Å². The normalized spacial score (nSPS) is 10.6. The maximum Gasteiger partial charge on any atom is 0.269 e. The van der Waals surface area contributed by atoms with Crippen LogP contribution in [0.4, 0.5) is 5.69 Å². The minimum absolute atomic E-state index is 0.0169. The number of hydrogen-bond acceptors (Lipinski definition) is 7. The van der Waals surface area contributed by atoms with E-state index in [0.29, 0.717) is 28.2 Å². The number of fused-ring (bicyclic) bond motifs is 1. The molecule has 4 aromatic rings. The Bertz CT molecular complexity index is 1300. The molecule has 8 heteroatoms. The van der Waals surface area contributed by atoms with Crippen LogP contribution in [0.25, 0.3) is 11.0 Å². The molecule has 0 unspecified atom stereocenters. The standard InChI is InChI=1S/C23H17NO7/c1-28-17-3-2-4-19(11-17)31-22-14-30-21-12-18(9-10-20(21)23(22)25)29-13-15-5-7-16(8-6-15)24(26)27/h2-12,14H,13H2,1H3. The van der Waals surface area contributed by atoms with Crippen molar-refractivity contribution in [3.05, 3.63) is 98.9 Å². The Morgan fingerprint density at radius 1 is 0.968 bits per heavy atom. The minimum Gasteiger partial charge on any atom is -0.497 e. The second-order valence-corrected chi connectivity index (χ2v) is 6.58. The number of hydrogen-bond donors (Lipinski definition) is 0. The molecule has 0 radical (unpaired) electrons. The quantitative estimate of drug-likeness (QED) is 0.304. The summed E-state index contributed by atoms with van der Waals surface area (Å²) in [5.41, 5.74) is 0.826. The highest BCUT2D eigenvalue weighted by Crippen LogP contribution is 2.26. The van der Waals surface area contributed by atoms with Crippen LogP contribution in [0.5, 0.6) is 23.0 Å². The molecule has 0 amide bonds. The van der Waals surface area contributed by atoms with Gasteiger partial charge in [-0.1, -0.05) is 6.07 Å². The lowest BCUT2D eigenvalue weighted by atomic mass is 10.2. The van der Waals surface area contributed by atoms with Crippen molar-refractivity contribution in [2.45, 2.75) is 6.61 Å². The largest absolute Gasteiger partial charge is 0.497 e. The molecule has 0 atom stereocenters. The molecular weight excluding hydrogens is 402 g/mol. The third-order valence-electron chi connectivity index (χ3n) is 4.54. The van der Waals surface area contributed by atoms with Gasteiger partial charge in [0.15, 0.2) is 0 Å². The van der Waals surface area contributed by atoms with Gasteiger partial charge in [0.05, 0.1) is 17.4 Å². The molecule has 156 valence electrons. The van der Waals surface area contributed by atoms with Crippen LogP contribution in [-0.2, 0) is 6.61 Å². The molecule has 31 heavy (non-hydrogen) atoms. The van der Waals surface area contributed by atoms with Crippen LogP contribution in [-0.4, -0.2) is 12.0 Å². The fourth-order valence-electron chi connectivity index (χ4n) is 2.92. The molecule has 1 heterocycles. The van der Waals surface area contributed by atoms with E-state index in [1.165, 1.54) is 18.4 Å². The van der Waals surface area contributed by atoms with Gasteiger partial charge in [-0.25, -0.2) is 0 Å². The predicted molar refractivity (Wildman–Crippen MR) is 113 cm³/mol. The first-order valence-electron chi connectivity index (χ1n) is 9.27. The van der Waals surface area contributed by atoms with E-state index in [9.17, 15) is 14.9 Å². The van der Waals surface area contributed by atoms with E-state index in [1.54, 1.807) is 61.7 Å². The lowest BCUT2D eigenvalue weighted by molar-refractivity contribution is -0.384. The molecule has 0 fully saturated rings. The molecular formula is C23H17NO7. The molecule has 0 aliphatic rings. The van der Waals surface area contributed by atoms with Gasteiger partial charge >= 0.3 is 0 Å². The highest BCUT2D eigenvalue weighted by atomic mass is 16.6. The molecule has 0 aliphatic heterocycles. The fourth-order valence-corrected chi connectivity index (χ4v) is 2.92. The summed E-state index contributed by atoms with van der Waals surface area (Å²) in [6.07, 6.45) is 1.25. The summed E-state index contributed by atoms with van der Waals surface area (Å²) in [4.78, 5) is 23.0. The van der Waals surface area contributed by atoms with Crippen LogP contribution in [0.2, 0.25) is 0 Å². The van der Waals surface area contributed by atoms with Crippen LogP contribution >= 0.6 is 0 Å². The van der Waals surface area contributed by atoms with Crippen LogP contribution in [0.3, 0.4) is 0 Å². The van der Waals surface area contributed by atoms with Crippen molar-refractivity contribution in [3.63, 3.8) is 0 Å². The Labute approximate surface area is 176 Å². The number of benzene rings is 3. The van der Waals surface area contributed by atoms with Gasteiger partial charge in [-0.2, -0.15) is 0 Å². The number of nitro groups is 1. The number of rotatable bonds is 7. The summed E-state index contributed by atoms with van der Waals surface area (Å²) in [6.45, 7) is 0.213. The predicted octanol–water partition coefficient (Wildman–Crippen LogP) is 5.08. The maximum atomic E-state index is 12.8. The van der Waals surface area contributed by atoms with E-state index < -0.39 is 4.92 Å². The van der Waals surface area contributed by atoms with Gasteiger partial charge in [0.2, 0.25) is 11.2 Å². The van der Waals surface area contributed by atoms with E-state index in [-0.39, 0.29) is 23.5 Å². The van der Waals surface area contributed by atoms with E-state index in [2.05, 4.69) is 0 Å². The average Bonchev–Trinajstić information content (AvgIpc) is 2.80. The second kappa shape index (κ2) is 8.58. The zero-order valence-corrected chi connectivity index (χ0v) is 16.4. The molecule has 0 spiro atoms. The molecule has 0 bridgehead atoms. The first-order valence-corrected chi connectivity index (χ1v) is 9.27. The molecule has 0 saturated heterocycles.